The van der Waals surface area contributed by atoms with Gasteiger partial charge in [-0.05, 0) is 74.1 Å². The molecule has 7 nitrogen and oxygen atoms in total. The van der Waals surface area contributed by atoms with Crippen LogP contribution in [0.3, 0.4) is 0 Å². The fourth-order valence-electron chi connectivity index (χ4n) is 6.65. The summed E-state index contributed by atoms with van der Waals surface area (Å²) in [6.45, 7) is 8.29. The number of methoxy groups -OCH3 is 1. The second-order valence-corrected chi connectivity index (χ2v) is 11.2. The van der Waals surface area contributed by atoms with Crippen LogP contribution in [0.15, 0.2) is 59.8 Å². The molecule has 0 spiro atoms. The Kier molecular flexibility index (Phi) is 6.11. The number of para-hydroxylation sites is 1. The van der Waals surface area contributed by atoms with Crippen LogP contribution in [0.5, 0.6) is 5.75 Å². The first kappa shape index (κ1) is 24.3. The van der Waals surface area contributed by atoms with E-state index in [1.807, 2.05) is 11.0 Å². The standard InChI is InChI=1S/C32H37N5O2/c1-3-36-30-20-34(21-38)18-25(30)19-37(36)26-13-24-14-29(23-7-6-12-33-16-23)35(17-22-10-11-22)32(24)28(15-26)27-8-4-5-9-31(27)39-2/h4-5,7-9,13-15,21-22,33H,3,6,10-12,16-20H2,1-2H3. The van der Waals surface area contributed by atoms with Gasteiger partial charge in [0, 0.05) is 48.4 Å². The normalized spacial score (nSPS) is 19.2. The van der Waals surface area contributed by atoms with Crippen molar-refractivity contribution >= 4 is 28.6 Å². The molecular formula is C32H37N5O2. The number of anilines is 1. The predicted molar refractivity (Wildman–Crippen MR) is 157 cm³/mol. The smallest absolute Gasteiger partial charge is 0.210 e. The van der Waals surface area contributed by atoms with Gasteiger partial charge in [0.2, 0.25) is 6.41 Å². The summed E-state index contributed by atoms with van der Waals surface area (Å²) in [4.78, 5) is 13.3. The van der Waals surface area contributed by atoms with Crippen molar-refractivity contribution in [3.63, 3.8) is 0 Å². The number of nitrogens with zero attached hydrogens (tertiary/aromatic N) is 4. The van der Waals surface area contributed by atoms with Crippen molar-refractivity contribution in [2.45, 2.75) is 32.7 Å². The van der Waals surface area contributed by atoms with E-state index in [2.05, 4.69) is 69.3 Å². The number of carbonyl (C=O) groups is 1. The van der Waals surface area contributed by atoms with Gasteiger partial charge in [0.15, 0.2) is 0 Å². The van der Waals surface area contributed by atoms with E-state index in [-0.39, 0.29) is 0 Å². The number of hydrazine groups is 1. The zero-order chi connectivity index (χ0) is 26.5. The average molecular weight is 524 g/mol. The van der Waals surface area contributed by atoms with E-state index in [9.17, 15) is 4.79 Å². The minimum absolute atomic E-state index is 0.688. The molecule has 3 aromatic rings. The summed E-state index contributed by atoms with van der Waals surface area (Å²) in [5, 5.41) is 9.63. The average Bonchev–Trinajstić information content (AvgIpc) is 3.44. The Morgan fingerprint density at radius 1 is 1.08 bits per heavy atom. The maximum Gasteiger partial charge on any atom is 0.210 e. The van der Waals surface area contributed by atoms with Gasteiger partial charge in [0.1, 0.15) is 5.75 Å². The maximum absolute atomic E-state index is 11.5. The van der Waals surface area contributed by atoms with Gasteiger partial charge in [0.05, 0.1) is 37.1 Å². The zero-order valence-corrected chi connectivity index (χ0v) is 22.9. The van der Waals surface area contributed by atoms with Crippen LogP contribution in [-0.2, 0) is 11.3 Å². The quantitative estimate of drug-likeness (QED) is 0.427. The molecule has 0 saturated heterocycles. The van der Waals surface area contributed by atoms with E-state index < -0.39 is 0 Å². The van der Waals surface area contributed by atoms with E-state index in [1.165, 1.54) is 57.5 Å². The highest BCUT2D eigenvalue weighted by Crippen LogP contribution is 2.44. The molecule has 0 bridgehead atoms. The number of carbonyl (C=O) groups excluding carboxylic acids is 1. The van der Waals surface area contributed by atoms with Crippen LogP contribution in [-0.4, -0.2) is 67.3 Å². The molecule has 3 aliphatic heterocycles. The lowest BCUT2D eigenvalue weighted by Crippen LogP contribution is -2.41. The van der Waals surface area contributed by atoms with Crippen LogP contribution in [0, 0.1) is 5.92 Å². The monoisotopic (exact) mass is 523 g/mol. The molecule has 39 heavy (non-hydrogen) atoms. The number of aromatic nitrogens is 1. The first-order valence-electron chi connectivity index (χ1n) is 14.3. The van der Waals surface area contributed by atoms with Crippen molar-refractivity contribution in [1.29, 1.82) is 0 Å². The molecule has 1 aromatic heterocycles. The van der Waals surface area contributed by atoms with Crippen LogP contribution in [0.1, 0.15) is 31.9 Å². The number of likely N-dealkylation sites (N-methyl/N-ethyl adjacent to an activating group) is 1. The highest BCUT2D eigenvalue weighted by molar-refractivity contribution is 6.01. The van der Waals surface area contributed by atoms with Gasteiger partial charge in [-0.2, -0.15) is 0 Å². The molecule has 1 amide bonds. The molecule has 4 aliphatic rings. The summed E-state index contributed by atoms with van der Waals surface area (Å²) in [5.74, 6) is 1.65. The Labute approximate surface area is 230 Å². The van der Waals surface area contributed by atoms with Gasteiger partial charge in [-0.3, -0.25) is 14.8 Å². The topological polar surface area (TPSA) is 53.0 Å². The number of rotatable bonds is 8. The highest BCUT2D eigenvalue weighted by atomic mass is 16.5. The molecule has 0 unspecified atom stereocenters. The molecule has 4 heterocycles. The van der Waals surface area contributed by atoms with E-state index in [0.717, 1.165) is 69.3 Å². The van der Waals surface area contributed by atoms with Crippen LogP contribution in [0.4, 0.5) is 5.69 Å². The van der Waals surface area contributed by atoms with Crippen molar-refractivity contribution in [2.24, 2.45) is 5.92 Å². The number of fused-ring (bicyclic) bond motifs is 1. The minimum atomic E-state index is 0.688. The summed E-state index contributed by atoms with van der Waals surface area (Å²) >= 11 is 0. The Bertz CT molecular complexity index is 1500. The van der Waals surface area contributed by atoms with Crippen molar-refractivity contribution in [2.75, 3.05) is 51.4 Å². The summed E-state index contributed by atoms with van der Waals surface area (Å²) in [6, 6.07) is 15.6. The number of nitrogens with one attached hydrogen (secondary N) is 1. The van der Waals surface area contributed by atoms with Gasteiger partial charge in [-0.15, -0.1) is 0 Å². The van der Waals surface area contributed by atoms with Crippen LogP contribution >= 0.6 is 0 Å². The number of benzene rings is 2. The largest absolute Gasteiger partial charge is 0.496 e. The minimum Gasteiger partial charge on any atom is -0.496 e. The van der Waals surface area contributed by atoms with Gasteiger partial charge in [-0.25, -0.2) is 0 Å². The lowest BCUT2D eigenvalue weighted by Gasteiger charge is -2.35. The van der Waals surface area contributed by atoms with E-state index in [0.29, 0.717) is 6.54 Å². The summed E-state index contributed by atoms with van der Waals surface area (Å²) in [7, 11) is 1.76. The van der Waals surface area contributed by atoms with Gasteiger partial charge >= 0.3 is 0 Å². The third-order valence-corrected chi connectivity index (χ3v) is 8.71. The Morgan fingerprint density at radius 2 is 1.95 bits per heavy atom. The Hall–Kier alpha value is -3.71. The molecule has 202 valence electrons. The number of amides is 1. The molecule has 1 saturated carbocycles. The number of ether oxygens (including phenoxy) is 1. The molecule has 1 fully saturated rings. The lowest BCUT2D eigenvalue weighted by atomic mass is 10.0. The molecule has 7 heteroatoms. The first-order chi connectivity index (χ1) is 19.2. The van der Waals surface area contributed by atoms with Gasteiger partial charge in [-0.1, -0.05) is 24.3 Å². The van der Waals surface area contributed by atoms with Crippen molar-refractivity contribution in [3.8, 4) is 16.9 Å². The summed E-state index contributed by atoms with van der Waals surface area (Å²) in [5.41, 5.74) is 10.2. The number of hydrogen-bond donors (Lipinski definition) is 1. The third-order valence-electron chi connectivity index (χ3n) is 8.71. The lowest BCUT2D eigenvalue weighted by molar-refractivity contribution is -0.117. The predicted octanol–water partition coefficient (Wildman–Crippen LogP) is 4.89. The molecule has 7 rings (SSSR count). The SMILES string of the molecule is CCN1C2=C(CN(C=O)C2)CN1c1cc(-c2ccccc2OC)c2c(c1)cc(C1=CCCNC1)n2CC1CC1. The molecule has 1 aliphatic carbocycles. The summed E-state index contributed by atoms with van der Waals surface area (Å²) < 4.78 is 8.49. The Balaban J connectivity index is 1.42. The van der Waals surface area contributed by atoms with Gasteiger partial charge < -0.3 is 19.5 Å². The summed E-state index contributed by atoms with van der Waals surface area (Å²) in [6.07, 6.45) is 7.09. The fourth-order valence-corrected chi connectivity index (χ4v) is 6.65. The fraction of sp³-hybridized carbons (Fsp3) is 0.406. The molecule has 1 N–H and O–H groups in total. The molecule has 0 atom stereocenters. The van der Waals surface area contributed by atoms with Crippen LogP contribution in [0.2, 0.25) is 0 Å². The van der Waals surface area contributed by atoms with Crippen LogP contribution in [0.25, 0.3) is 27.6 Å². The zero-order valence-electron chi connectivity index (χ0n) is 22.9. The second kappa shape index (κ2) is 9.79. The highest BCUT2D eigenvalue weighted by Gasteiger charge is 2.36. The first-order valence-corrected chi connectivity index (χ1v) is 14.3. The van der Waals surface area contributed by atoms with Crippen molar-refractivity contribution in [3.05, 3.63) is 65.5 Å². The second-order valence-electron chi connectivity index (χ2n) is 11.2. The van der Waals surface area contributed by atoms with E-state index >= 15 is 0 Å². The van der Waals surface area contributed by atoms with Gasteiger partial charge in [0.25, 0.3) is 0 Å². The molecule has 0 radical (unpaired) electrons. The van der Waals surface area contributed by atoms with E-state index in [4.69, 9.17) is 4.74 Å². The van der Waals surface area contributed by atoms with Crippen molar-refractivity contribution in [1.82, 2.24) is 19.8 Å². The molecular weight excluding hydrogens is 486 g/mol. The van der Waals surface area contributed by atoms with Crippen LogP contribution < -0.4 is 15.1 Å². The number of hydrogen-bond acceptors (Lipinski definition) is 5. The Morgan fingerprint density at radius 3 is 2.69 bits per heavy atom. The van der Waals surface area contributed by atoms with E-state index in [1.54, 1.807) is 7.11 Å². The van der Waals surface area contributed by atoms with Crippen molar-refractivity contribution < 1.29 is 9.53 Å². The third kappa shape index (κ3) is 4.20. The molecule has 2 aromatic carbocycles. The maximum atomic E-state index is 11.5.